The molecule has 0 aromatic carbocycles. The second-order valence-electron chi connectivity index (χ2n) is 10.4. The molecule has 240 valence electrons. The first-order valence-electron chi connectivity index (χ1n) is 14.3. The number of halogens is 1. The van der Waals surface area contributed by atoms with E-state index < -0.39 is 26.3 Å². The van der Waals surface area contributed by atoms with Gasteiger partial charge in [-0.15, -0.1) is 5.10 Å². The minimum Gasteiger partial charge on any atom is -0.494 e. The number of aryl methyl sites for hydroxylation is 2. The molecule has 0 spiro atoms. The molecule has 1 amide bonds. The Morgan fingerprint density at radius 2 is 1.95 bits per heavy atom. The molecule has 1 aliphatic carbocycles. The summed E-state index contributed by atoms with van der Waals surface area (Å²) in [6, 6.07) is 1.55. The van der Waals surface area contributed by atoms with E-state index in [0.29, 0.717) is 31.6 Å². The summed E-state index contributed by atoms with van der Waals surface area (Å²) in [5.41, 5.74) is 0.877. The fourth-order valence-electron chi connectivity index (χ4n) is 4.56. The SMILES string of the molecule is CCCCOP(=O)(O)OCn1nc(OCC2CCC(O)CC2)s/c1=N\C(=O)c1cnc(C)cc1-c1c(OC)cnc(C)c1F. The van der Waals surface area contributed by atoms with Crippen LogP contribution in [0.2, 0.25) is 0 Å². The van der Waals surface area contributed by atoms with Crippen LogP contribution in [0.4, 0.5) is 4.39 Å². The molecule has 1 aliphatic rings. The largest absolute Gasteiger partial charge is 0.494 e. The highest BCUT2D eigenvalue weighted by molar-refractivity contribution is 7.47. The summed E-state index contributed by atoms with van der Waals surface area (Å²) in [5.74, 6) is -1.09. The van der Waals surface area contributed by atoms with E-state index in [1.54, 1.807) is 13.0 Å². The number of hydrogen-bond acceptors (Lipinski definition) is 11. The van der Waals surface area contributed by atoms with Gasteiger partial charge in [0, 0.05) is 17.5 Å². The van der Waals surface area contributed by atoms with Crippen LogP contribution in [-0.2, 0) is 20.3 Å². The van der Waals surface area contributed by atoms with E-state index in [1.165, 1.54) is 26.4 Å². The van der Waals surface area contributed by atoms with Crippen LogP contribution in [-0.4, -0.2) is 62.1 Å². The summed E-state index contributed by atoms with van der Waals surface area (Å²) in [5, 5.41) is 14.2. The molecule has 4 rings (SSSR count). The number of aliphatic hydroxyl groups excluding tert-OH is 1. The smallest absolute Gasteiger partial charge is 0.473 e. The number of carbonyl (C=O) groups is 1. The summed E-state index contributed by atoms with van der Waals surface area (Å²) in [7, 11) is -3.05. The molecular formula is C28H37FN5O8PS. The van der Waals surface area contributed by atoms with Crippen molar-refractivity contribution in [1.82, 2.24) is 19.7 Å². The first-order valence-corrected chi connectivity index (χ1v) is 16.6. The standard InChI is InChI=1S/C28H37FN5O8PS/c1-5-6-11-41-43(37,38)42-16-34-27(44-28(33-34)40-15-19-7-9-20(35)10-8-19)32-26(36)22-13-30-17(2)12-21(22)24-23(39-4)14-31-18(3)25(24)29/h12-14,19-20,35H,5-11,15-16H2,1-4H3,(H,37,38)/b32-27-. The Bertz CT molecular complexity index is 1570. The van der Waals surface area contributed by atoms with Crippen LogP contribution in [0.1, 0.15) is 67.2 Å². The third-order valence-corrected chi connectivity index (χ3v) is 8.88. The third-order valence-electron chi connectivity index (χ3n) is 7.07. The molecule has 0 radical (unpaired) electrons. The Morgan fingerprint density at radius 1 is 1.20 bits per heavy atom. The molecule has 0 aliphatic heterocycles. The fourth-order valence-corrected chi connectivity index (χ4v) is 6.00. The Kier molecular flexibility index (Phi) is 11.7. The van der Waals surface area contributed by atoms with Gasteiger partial charge in [-0.3, -0.25) is 23.8 Å². The maximum absolute atomic E-state index is 15.4. The number of rotatable bonds is 13. The number of ether oxygens (including phenoxy) is 2. The van der Waals surface area contributed by atoms with E-state index in [4.69, 9.17) is 18.5 Å². The number of phosphoric ester groups is 1. The van der Waals surface area contributed by atoms with Gasteiger partial charge in [-0.2, -0.15) is 4.99 Å². The zero-order chi connectivity index (χ0) is 31.9. The van der Waals surface area contributed by atoms with Crippen molar-refractivity contribution >= 4 is 25.1 Å². The van der Waals surface area contributed by atoms with Crippen LogP contribution in [0.3, 0.4) is 0 Å². The summed E-state index contributed by atoms with van der Waals surface area (Å²) in [6.07, 6.45) is 6.66. The second-order valence-corrected chi connectivity index (χ2v) is 12.8. The van der Waals surface area contributed by atoms with Crippen molar-refractivity contribution in [2.45, 2.75) is 72.1 Å². The number of pyridine rings is 2. The van der Waals surface area contributed by atoms with Gasteiger partial charge in [0.15, 0.2) is 12.5 Å². The lowest BCUT2D eigenvalue weighted by molar-refractivity contribution is 0.0897. The Hall–Kier alpha value is -3.07. The fraction of sp³-hybridized carbons (Fsp3) is 0.536. The monoisotopic (exact) mass is 653 g/mol. The number of phosphoric acid groups is 1. The molecule has 16 heteroatoms. The predicted molar refractivity (Wildman–Crippen MR) is 159 cm³/mol. The number of hydrogen-bond donors (Lipinski definition) is 2. The molecule has 44 heavy (non-hydrogen) atoms. The van der Waals surface area contributed by atoms with Gasteiger partial charge in [-0.1, -0.05) is 13.3 Å². The molecule has 13 nitrogen and oxygen atoms in total. The highest BCUT2D eigenvalue weighted by atomic mass is 32.1. The number of aliphatic hydroxyl groups is 1. The van der Waals surface area contributed by atoms with Gasteiger partial charge < -0.3 is 19.5 Å². The highest BCUT2D eigenvalue weighted by Gasteiger charge is 2.25. The van der Waals surface area contributed by atoms with Crippen LogP contribution in [0.15, 0.2) is 23.5 Å². The third kappa shape index (κ3) is 8.77. The van der Waals surface area contributed by atoms with Crippen molar-refractivity contribution in [3.05, 3.63) is 46.0 Å². The van der Waals surface area contributed by atoms with Gasteiger partial charge in [0.2, 0.25) is 4.80 Å². The molecule has 1 unspecified atom stereocenters. The second kappa shape index (κ2) is 15.3. The van der Waals surface area contributed by atoms with E-state index in [1.807, 2.05) is 6.92 Å². The molecule has 3 aromatic heterocycles. The zero-order valence-corrected chi connectivity index (χ0v) is 26.8. The number of methoxy groups -OCH3 is 1. The van der Waals surface area contributed by atoms with Crippen molar-refractivity contribution in [2.75, 3.05) is 20.3 Å². The first kappa shape index (κ1) is 33.8. The molecule has 0 saturated heterocycles. The average molecular weight is 654 g/mol. The maximum atomic E-state index is 15.4. The van der Waals surface area contributed by atoms with Crippen molar-refractivity contribution in [2.24, 2.45) is 10.9 Å². The Labute approximate surface area is 258 Å². The van der Waals surface area contributed by atoms with Gasteiger partial charge in [0.25, 0.3) is 11.1 Å². The minimum atomic E-state index is -4.43. The van der Waals surface area contributed by atoms with Crippen LogP contribution in [0.25, 0.3) is 11.1 Å². The molecule has 1 saturated carbocycles. The van der Waals surface area contributed by atoms with Crippen molar-refractivity contribution < 1.29 is 42.3 Å². The molecular weight excluding hydrogens is 616 g/mol. The average Bonchev–Trinajstić information content (AvgIpc) is 3.38. The lowest BCUT2D eigenvalue weighted by atomic mass is 9.88. The van der Waals surface area contributed by atoms with E-state index in [9.17, 15) is 19.4 Å². The van der Waals surface area contributed by atoms with Crippen LogP contribution < -0.4 is 14.3 Å². The number of aromatic nitrogens is 4. The van der Waals surface area contributed by atoms with Gasteiger partial charge in [-0.05, 0) is 69.3 Å². The van der Waals surface area contributed by atoms with Gasteiger partial charge >= 0.3 is 7.82 Å². The minimum absolute atomic E-state index is 0.00231. The van der Waals surface area contributed by atoms with Crippen molar-refractivity contribution in [3.8, 4) is 22.1 Å². The van der Waals surface area contributed by atoms with Gasteiger partial charge in [-0.25, -0.2) is 13.6 Å². The number of nitrogens with zero attached hydrogens (tertiary/aromatic N) is 5. The molecule has 1 fully saturated rings. The molecule has 1 atom stereocenters. The number of amides is 1. The van der Waals surface area contributed by atoms with Crippen molar-refractivity contribution in [3.63, 3.8) is 0 Å². The van der Waals surface area contributed by atoms with Crippen LogP contribution >= 0.6 is 19.2 Å². The van der Waals surface area contributed by atoms with E-state index in [-0.39, 0.29) is 56.8 Å². The van der Waals surface area contributed by atoms with E-state index >= 15 is 4.39 Å². The van der Waals surface area contributed by atoms with Crippen molar-refractivity contribution in [1.29, 1.82) is 0 Å². The summed E-state index contributed by atoms with van der Waals surface area (Å²) >= 11 is 0.933. The topological polar surface area (TPSA) is 167 Å². The first-order chi connectivity index (χ1) is 21.0. The molecule has 0 bridgehead atoms. The van der Waals surface area contributed by atoms with E-state index in [2.05, 4.69) is 20.1 Å². The normalized spacial score (nSPS) is 18.7. The van der Waals surface area contributed by atoms with Gasteiger partial charge in [0.05, 0.1) is 49.4 Å². The Morgan fingerprint density at radius 3 is 2.66 bits per heavy atom. The predicted octanol–water partition coefficient (Wildman–Crippen LogP) is 4.73. The lowest BCUT2D eigenvalue weighted by Crippen LogP contribution is -2.22. The molecule has 3 aromatic rings. The Balaban J connectivity index is 1.68. The lowest BCUT2D eigenvalue weighted by Gasteiger charge is -2.24. The summed E-state index contributed by atoms with van der Waals surface area (Å²) < 4.78 is 50.2. The number of carbonyl (C=O) groups excluding carboxylic acids is 1. The molecule has 3 heterocycles. The molecule has 2 N–H and O–H groups in total. The highest BCUT2D eigenvalue weighted by Crippen LogP contribution is 2.43. The zero-order valence-electron chi connectivity index (χ0n) is 25.1. The summed E-state index contributed by atoms with van der Waals surface area (Å²) in [4.78, 5) is 36.2. The van der Waals surface area contributed by atoms with Gasteiger partial charge in [0.1, 0.15) is 5.75 Å². The maximum Gasteiger partial charge on any atom is 0.473 e. The summed E-state index contributed by atoms with van der Waals surface area (Å²) in [6.45, 7) is 4.92. The number of unbranched alkanes of at least 4 members (excludes halogenated alkanes) is 1. The van der Waals surface area contributed by atoms with Crippen LogP contribution in [0, 0.1) is 25.6 Å². The van der Waals surface area contributed by atoms with E-state index in [0.717, 1.165) is 35.3 Å². The van der Waals surface area contributed by atoms with Crippen LogP contribution in [0.5, 0.6) is 10.9 Å². The quantitative estimate of drug-likeness (QED) is 0.193.